The van der Waals surface area contributed by atoms with Crippen LogP contribution in [0.2, 0.25) is 0 Å². The molecule has 2 aliphatic heterocycles. The molecule has 1 saturated heterocycles. The normalized spacial score (nSPS) is 21.3. The highest BCUT2D eigenvalue weighted by molar-refractivity contribution is 7.99. The maximum atomic E-state index is 12.5. The number of rotatable bonds is 3. The van der Waals surface area contributed by atoms with Crippen LogP contribution in [0, 0.1) is 0 Å². The van der Waals surface area contributed by atoms with Crippen LogP contribution in [0.1, 0.15) is 27.2 Å². The van der Waals surface area contributed by atoms with E-state index >= 15 is 0 Å². The van der Waals surface area contributed by atoms with Gasteiger partial charge < -0.3 is 19.7 Å². The lowest BCUT2D eigenvalue weighted by molar-refractivity contribution is -0.135. The molecule has 1 aromatic rings. The summed E-state index contributed by atoms with van der Waals surface area (Å²) in [5, 5.41) is 2.87. The summed E-state index contributed by atoms with van der Waals surface area (Å²) in [6, 6.07) is 4.87. The first-order chi connectivity index (χ1) is 10.9. The van der Waals surface area contributed by atoms with Crippen molar-refractivity contribution in [1.82, 2.24) is 4.90 Å². The van der Waals surface area contributed by atoms with Crippen LogP contribution in [0.15, 0.2) is 18.2 Å². The molecule has 0 bridgehead atoms. The third kappa shape index (κ3) is 3.24. The summed E-state index contributed by atoms with van der Waals surface area (Å²) in [5.41, 5.74) is 0.635. The molecule has 23 heavy (non-hydrogen) atoms. The maximum absolute atomic E-state index is 12.5. The zero-order chi connectivity index (χ0) is 16.6. The van der Waals surface area contributed by atoms with Crippen molar-refractivity contribution in [3.8, 4) is 11.5 Å². The highest BCUT2D eigenvalue weighted by Crippen LogP contribution is 2.40. The number of ether oxygens (including phenoxy) is 2. The van der Waals surface area contributed by atoms with Gasteiger partial charge in [-0.05, 0) is 12.1 Å². The lowest BCUT2D eigenvalue weighted by Gasteiger charge is -2.22. The molecule has 0 spiro atoms. The molecular formula is C16H20N2O4S. The number of hydrogen-bond donors (Lipinski definition) is 1. The third-order valence-corrected chi connectivity index (χ3v) is 4.74. The Bertz CT molecular complexity index is 647. The van der Waals surface area contributed by atoms with E-state index in [-0.39, 0.29) is 11.8 Å². The molecule has 0 radical (unpaired) electrons. The summed E-state index contributed by atoms with van der Waals surface area (Å²) in [4.78, 5) is 26.0. The summed E-state index contributed by atoms with van der Waals surface area (Å²) >= 11 is 1.59. The minimum absolute atomic E-state index is 0.00239. The fourth-order valence-corrected chi connectivity index (χ4v) is 3.82. The number of nitrogens with one attached hydrogen (secondary N) is 1. The fourth-order valence-electron chi connectivity index (χ4n) is 2.63. The van der Waals surface area contributed by atoms with Crippen molar-refractivity contribution in [3.63, 3.8) is 0 Å². The first-order valence-corrected chi connectivity index (χ1v) is 8.75. The predicted molar refractivity (Wildman–Crippen MR) is 88.7 cm³/mol. The van der Waals surface area contributed by atoms with E-state index in [0.717, 1.165) is 0 Å². The quantitative estimate of drug-likeness (QED) is 0.918. The summed E-state index contributed by atoms with van der Waals surface area (Å²) in [6.45, 7) is 5.46. The molecule has 7 heteroatoms. The van der Waals surface area contributed by atoms with Crippen LogP contribution in [-0.2, 0) is 9.59 Å². The molecule has 2 heterocycles. The van der Waals surface area contributed by atoms with Gasteiger partial charge in [0.15, 0.2) is 11.5 Å². The molecule has 1 atom stereocenters. The molecule has 1 aromatic carbocycles. The molecule has 6 nitrogen and oxygen atoms in total. The maximum Gasteiger partial charge on any atom is 0.248 e. The van der Waals surface area contributed by atoms with Crippen molar-refractivity contribution in [2.45, 2.75) is 39.0 Å². The van der Waals surface area contributed by atoms with Crippen LogP contribution in [-0.4, -0.2) is 40.2 Å². The number of fused-ring (bicyclic) bond motifs is 1. The van der Waals surface area contributed by atoms with Gasteiger partial charge in [-0.2, -0.15) is 0 Å². The van der Waals surface area contributed by atoms with E-state index in [0.29, 0.717) is 35.2 Å². The second kappa shape index (κ2) is 5.96. The average Bonchev–Trinajstić information content (AvgIpc) is 3.08. The van der Waals surface area contributed by atoms with Gasteiger partial charge in [0.05, 0.1) is 5.88 Å². The fraction of sp³-hybridized carbons (Fsp3) is 0.500. The molecule has 0 aromatic heterocycles. The van der Waals surface area contributed by atoms with E-state index in [1.165, 1.54) is 0 Å². The Morgan fingerprint density at radius 1 is 1.35 bits per heavy atom. The number of anilines is 1. The van der Waals surface area contributed by atoms with Gasteiger partial charge >= 0.3 is 0 Å². The van der Waals surface area contributed by atoms with Crippen molar-refractivity contribution in [1.29, 1.82) is 0 Å². The predicted octanol–water partition coefficient (Wildman–Crippen LogP) is 2.44. The van der Waals surface area contributed by atoms with Gasteiger partial charge in [0.2, 0.25) is 17.6 Å². The number of hydrogen-bond acceptors (Lipinski definition) is 5. The second-order valence-corrected chi connectivity index (χ2v) is 6.99. The van der Waals surface area contributed by atoms with Gasteiger partial charge in [-0.15, -0.1) is 11.8 Å². The number of thioether (sulfide) groups is 1. The number of benzene rings is 1. The summed E-state index contributed by atoms with van der Waals surface area (Å²) in [7, 11) is 0. The van der Waals surface area contributed by atoms with Gasteiger partial charge in [0.25, 0.3) is 0 Å². The SMILES string of the molecule is CCC(=O)N1CSCC1C(=O)Nc1ccc2c(c1)OC(C)(C)O2. The number of amides is 2. The lowest BCUT2D eigenvalue weighted by Crippen LogP contribution is -2.44. The van der Waals surface area contributed by atoms with Gasteiger partial charge in [-0.1, -0.05) is 6.92 Å². The summed E-state index contributed by atoms with van der Waals surface area (Å²) in [5.74, 6) is 1.59. The van der Waals surface area contributed by atoms with Crippen LogP contribution >= 0.6 is 11.8 Å². The van der Waals surface area contributed by atoms with E-state index in [4.69, 9.17) is 9.47 Å². The van der Waals surface area contributed by atoms with E-state index < -0.39 is 11.8 Å². The van der Waals surface area contributed by atoms with Crippen molar-refractivity contribution in [2.75, 3.05) is 16.9 Å². The van der Waals surface area contributed by atoms with Crippen LogP contribution in [0.5, 0.6) is 11.5 Å². The van der Waals surface area contributed by atoms with Crippen LogP contribution in [0.3, 0.4) is 0 Å². The van der Waals surface area contributed by atoms with Crippen LogP contribution in [0.25, 0.3) is 0 Å². The Hall–Kier alpha value is -1.89. The number of carbonyl (C=O) groups excluding carboxylic acids is 2. The van der Waals surface area contributed by atoms with E-state index in [2.05, 4.69) is 5.32 Å². The van der Waals surface area contributed by atoms with E-state index in [9.17, 15) is 9.59 Å². The Morgan fingerprint density at radius 3 is 2.83 bits per heavy atom. The highest BCUT2D eigenvalue weighted by Gasteiger charge is 2.35. The highest BCUT2D eigenvalue weighted by atomic mass is 32.2. The first-order valence-electron chi connectivity index (χ1n) is 7.60. The van der Waals surface area contributed by atoms with Crippen LogP contribution in [0.4, 0.5) is 5.69 Å². The first kappa shape index (κ1) is 16.0. The molecule has 3 rings (SSSR count). The summed E-state index contributed by atoms with van der Waals surface area (Å²) in [6.07, 6.45) is 0.406. The molecule has 1 N–H and O–H groups in total. The topological polar surface area (TPSA) is 67.9 Å². The average molecular weight is 336 g/mol. The van der Waals surface area contributed by atoms with E-state index in [1.807, 2.05) is 13.8 Å². The Kier molecular flexibility index (Phi) is 4.14. The third-order valence-electron chi connectivity index (χ3n) is 3.73. The van der Waals surface area contributed by atoms with Crippen molar-refractivity contribution < 1.29 is 19.1 Å². The number of nitrogens with zero attached hydrogens (tertiary/aromatic N) is 1. The number of carbonyl (C=O) groups is 2. The molecule has 2 amide bonds. The Labute approximate surface area is 139 Å². The Balaban J connectivity index is 1.71. The standard InChI is InChI=1S/C16H20N2O4S/c1-4-14(19)18-9-23-8-11(18)15(20)17-10-5-6-12-13(7-10)22-16(2,3)21-12/h5-7,11H,4,8-9H2,1-3H3,(H,17,20). The van der Waals surface area contributed by atoms with Crippen molar-refractivity contribution >= 4 is 29.3 Å². The second-order valence-electron chi connectivity index (χ2n) is 5.99. The van der Waals surface area contributed by atoms with E-state index in [1.54, 1.807) is 41.8 Å². The van der Waals surface area contributed by atoms with Crippen LogP contribution < -0.4 is 14.8 Å². The van der Waals surface area contributed by atoms with Gasteiger partial charge in [0.1, 0.15) is 6.04 Å². The zero-order valence-corrected chi connectivity index (χ0v) is 14.2. The van der Waals surface area contributed by atoms with Crippen molar-refractivity contribution in [3.05, 3.63) is 18.2 Å². The Morgan fingerprint density at radius 2 is 2.09 bits per heavy atom. The minimum atomic E-state index is -0.697. The van der Waals surface area contributed by atoms with Gasteiger partial charge in [-0.25, -0.2) is 0 Å². The minimum Gasteiger partial charge on any atom is -0.449 e. The zero-order valence-electron chi connectivity index (χ0n) is 13.4. The van der Waals surface area contributed by atoms with Gasteiger partial charge in [0, 0.05) is 37.8 Å². The molecule has 1 fully saturated rings. The largest absolute Gasteiger partial charge is 0.449 e. The molecular weight excluding hydrogens is 316 g/mol. The lowest BCUT2D eigenvalue weighted by atomic mass is 10.2. The smallest absolute Gasteiger partial charge is 0.248 e. The summed E-state index contributed by atoms with van der Waals surface area (Å²) < 4.78 is 11.3. The molecule has 0 aliphatic carbocycles. The molecule has 124 valence electrons. The molecule has 2 aliphatic rings. The molecule has 1 unspecified atom stereocenters. The monoisotopic (exact) mass is 336 g/mol. The molecule has 0 saturated carbocycles. The van der Waals surface area contributed by atoms with Gasteiger partial charge in [-0.3, -0.25) is 9.59 Å². The van der Waals surface area contributed by atoms with Crippen molar-refractivity contribution in [2.24, 2.45) is 0 Å².